The van der Waals surface area contributed by atoms with Crippen molar-refractivity contribution in [1.82, 2.24) is 24.8 Å². The van der Waals surface area contributed by atoms with Crippen molar-refractivity contribution in [1.29, 1.82) is 0 Å². The highest BCUT2D eigenvalue weighted by Gasteiger charge is 2.42. The number of amides is 2. The van der Waals surface area contributed by atoms with Crippen LogP contribution in [0.5, 0.6) is 5.75 Å². The summed E-state index contributed by atoms with van der Waals surface area (Å²) in [6, 6.07) is 4.00. The number of hydrogen-bond acceptors (Lipinski definition) is 7. The molecule has 2 aromatic heterocycles. The molecule has 2 fully saturated rings. The number of aliphatic hydroxyl groups excluding tert-OH is 1. The summed E-state index contributed by atoms with van der Waals surface area (Å²) in [5, 5.41) is 17.0. The molecule has 1 unspecified atom stereocenters. The minimum Gasteiger partial charge on any atom is -0.405 e. The molecule has 0 saturated heterocycles. The number of nitrogens with two attached hydrogens (primary N) is 1. The molecule has 2 amide bonds. The number of carbonyl (C=O) groups is 2. The Balaban J connectivity index is 1.37. The number of carbonyl (C=O) groups excluding carboxylic acids is 2. The summed E-state index contributed by atoms with van der Waals surface area (Å²) in [6.45, 7) is 2.07. The van der Waals surface area contributed by atoms with E-state index in [0.717, 1.165) is 25.3 Å². The van der Waals surface area contributed by atoms with Gasteiger partial charge in [0.25, 0.3) is 11.8 Å². The number of nitrogens with one attached hydrogen (secondary N) is 1. The van der Waals surface area contributed by atoms with Crippen molar-refractivity contribution < 1.29 is 32.6 Å². The van der Waals surface area contributed by atoms with Crippen LogP contribution < -0.4 is 15.8 Å². The Morgan fingerprint density at radius 3 is 2.73 bits per heavy atom. The standard InChI is InChI=1S/C27H29F3N6O4/c1-13(14-5-6-14)35-12-16-9-15(10-20(21(16)26(35)39)40-27(28,29)30)19-7-8-36-24(33-19)22(23(31)34-36)25(38)32-17-3-2-4-18(37)11-17/h7-10,13-14,17-18,37H,2-6,11-12H2,1H3,(H2,31,34)(H,32,38)/t13?,17-,18+/m0/s1. The van der Waals surface area contributed by atoms with Crippen LogP contribution in [0.3, 0.4) is 0 Å². The minimum atomic E-state index is -5.00. The molecule has 10 nitrogen and oxygen atoms in total. The van der Waals surface area contributed by atoms with Gasteiger partial charge in [0.15, 0.2) is 11.5 Å². The fourth-order valence-electron chi connectivity index (χ4n) is 5.83. The first-order valence-electron chi connectivity index (χ1n) is 13.4. The third-order valence-electron chi connectivity index (χ3n) is 8.04. The van der Waals surface area contributed by atoms with E-state index in [9.17, 15) is 27.9 Å². The zero-order valence-electron chi connectivity index (χ0n) is 21.7. The first kappa shape index (κ1) is 26.4. The number of anilines is 1. The Bertz CT molecular complexity index is 1500. The van der Waals surface area contributed by atoms with Crippen molar-refractivity contribution in [3.63, 3.8) is 0 Å². The Kier molecular flexibility index (Phi) is 6.36. The average molecular weight is 559 g/mol. The molecule has 0 radical (unpaired) electrons. The minimum absolute atomic E-state index is 0.0365. The maximum absolute atomic E-state index is 13.4. The third-order valence-corrected chi connectivity index (χ3v) is 8.04. The Morgan fingerprint density at radius 2 is 2.02 bits per heavy atom. The molecule has 40 heavy (non-hydrogen) atoms. The summed E-state index contributed by atoms with van der Waals surface area (Å²) < 4.78 is 45.8. The maximum atomic E-state index is 13.4. The molecule has 2 saturated carbocycles. The Hall–Kier alpha value is -3.87. The third kappa shape index (κ3) is 4.93. The van der Waals surface area contributed by atoms with Gasteiger partial charge >= 0.3 is 6.36 Å². The molecule has 0 spiro atoms. The molecular formula is C27H29F3N6O4. The van der Waals surface area contributed by atoms with Crippen molar-refractivity contribution in [3.05, 3.63) is 41.1 Å². The van der Waals surface area contributed by atoms with Gasteiger partial charge in [0.1, 0.15) is 11.3 Å². The fourth-order valence-corrected chi connectivity index (χ4v) is 5.83. The van der Waals surface area contributed by atoms with Gasteiger partial charge in [0, 0.05) is 30.4 Å². The lowest BCUT2D eigenvalue weighted by Gasteiger charge is -2.26. The zero-order valence-corrected chi connectivity index (χ0v) is 21.7. The number of hydrogen-bond donors (Lipinski definition) is 3. The molecule has 13 heteroatoms. The van der Waals surface area contributed by atoms with Crippen molar-refractivity contribution in [3.8, 4) is 17.0 Å². The van der Waals surface area contributed by atoms with Gasteiger partial charge in [-0.05, 0) is 75.1 Å². The lowest BCUT2D eigenvalue weighted by molar-refractivity contribution is -0.274. The second-order valence-corrected chi connectivity index (χ2v) is 10.9. The van der Waals surface area contributed by atoms with E-state index in [1.165, 1.54) is 10.7 Å². The fraction of sp³-hybridized carbons (Fsp3) is 0.481. The van der Waals surface area contributed by atoms with Crippen molar-refractivity contribution >= 4 is 23.3 Å². The molecule has 212 valence electrons. The number of benzene rings is 1. The molecule has 3 aliphatic rings. The summed E-state index contributed by atoms with van der Waals surface area (Å²) in [6.07, 6.45) is 0.577. The van der Waals surface area contributed by atoms with Crippen LogP contribution >= 0.6 is 0 Å². The molecule has 6 rings (SSSR count). The van der Waals surface area contributed by atoms with Gasteiger partial charge in [-0.25, -0.2) is 9.50 Å². The van der Waals surface area contributed by atoms with E-state index in [0.29, 0.717) is 30.7 Å². The predicted molar refractivity (Wildman–Crippen MR) is 137 cm³/mol. The molecule has 3 aromatic rings. The number of nitrogens with zero attached hydrogens (tertiary/aromatic N) is 4. The summed E-state index contributed by atoms with van der Waals surface area (Å²) in [5.74, 6) is -1.29. The second kappa shape index (κ2) is 9.65. The van der Waals surface area contributed by atoms with E-state index in [1.807, 2.05) is 6.92 Å². The van der Waals surface area contributed by atoms with Crippen LogP contribution in [0, 0.1) is 5.92 Å². The Morgan fingerprint density at radius 1 is 1.25 bits per heavy atom. The van der Waals surface area contributed by atoms with Gasteiger partial charge in [-0.3, -0.25) is 9.59 Å². The number of alkyl halides is 3. The molecule has 0 bridgehead atoms. The van der Waals surface area contributed by atoms with Gasteiger partial charge in [0.05, 0.1) is 17.4 Å². The van der Waals surface area contributed by atoms with E-state index in [-0.39, 0.29) is 52.5 Å². The van der Waals surface area contributed by atoms with Gasteiger partial charge < -0.3 is 25.8 Å². The van der Waals surface area contributed by atoms with Gasteiger partial charge in [-0.15, -0.1) is 18.3 Å². The number of ether oxygens (including phenoxy) is 1. The van der Waals surface area contributed by atoms with Crippen LogP contribution in [-0.2, 0) is 6.54 Å². The van der Waals surface area contributed by atoms with Gasteiger partial charge in [-0.1, -0.05) is 0 Å². The second-order valence-electron chi connectivity index (χ2n) is 10.9. The molecular weight excluding hydrogens is 529 g/mol. The van der Waals surface area contributed by atoms with Crippen LogP contribution in [0.4, 0.5) is 19.0 Å². The van der Waals surface area contributed by atoms with Gasteiger partial charge in [-0.2, -0.15) is 0 Å². The van der Waals surface area contributed by atoms with Crippen LogP contribution in [0.2, 0.25) is 0 Å². The van der Waals surface area contributed by atoms with Gasteiger partial charge in [0.2, 0.25) is 0 Å². The summed E-state index contributed by atoms with van der Waals surface area (Å²) in [4.78, 5) is 32.5. The lowest BCUT2D eigenvalue weighted by atomic mass is 9.93. The van der Waals surface area contributed by atoms with Crippen LogP contribution in [-0.4, -0.2) is 61.0 Å². The molecule has 3 heterocycles. The van der Waals surface area contributed by atoms with Crippen LogP contribution in [0.15, 0.2) is 24.4 Å². The number of halogens is 3. The summed E-state index contributed by atoms with van der Waals surface area (Å²) in [5.41, 5.74) is 7.08. The monoisotopic (exact) mass is 558 g/mol. The number of aliphatic hydroxyl groups is 1. The Labute approximate surface area is 227 Å². The topological polar surface area (TPSA) is 135 Å². The lowest BCUT2D eigenvalue weighted by Crippen LogP contribution is -2.40. The quantitative estimate of drug-likeness (QED) is 0.420. The molecule has 3 atom stereocenters. The highest BCUT2D eigenvalue weighted by Crippen LogP contribution is 2.42. The number of fused-ring (bicyclic) bond motifs is 2. The first-order chi connectivity index (χ1) is 19.0. The van der Waals surface area contributed by atoms with E-state index in [1.54, 1.807) is 17.0 Å². The molecule has 2 aliphatic carbocycles. The highest BCUT2D eigenvalue weighted by atomic mass is 19.4. The van der Waals surface area contributed by atoms with E-state index in [2.05, 4.69) is 20.1 Å². The van der Waals surface area contributed by atoms with Crippen LogP contribution in [0.1, 0.15) is 71.7 Å². The average Bonchev–Trinajstić information content (AvgIpc) is 3.59. The summed E-state index contributed by atoms with van der Waals surface area (Å²) in [7, 11) is 0. The highest BCUT2D eigenvalue weighted by molar-refractivity contribution is 6.05. The number of aromatic nitrogens is 3. The number of nitrogen functional groups attached to an aromatic ring is 1. The van der Waals surface area contributed by atoms with E-state index >= 15 is 0 Å². The van der Waals surface area contributed by atoms with Crippen molar-refractivity contribution in [2.75, 3.05) is 5.73 Å². The zero-order chi connectivity index (χ0) is 28.3. The van der Waals surface area contributed by atoms with Crippen molar-refractivity contribution in [2.45, 2.75) is 76.5 Å². The SMILES string of the molecule is CC(C1CC1)N1Cc2cc(-c3ccn4nc(N)c(C(=O)N[C@H]5CCC[C@@H](O)C5)c4n3)cc(OC(F)(F)F)c2C1=O. The molecule has 1 aromatic carbocycles. The molecule has 4 N–H and O–H groups in total. The smallest absolute Gasteiger partial charge is 0.405 e. The predicted octanol–water partition coefficient (Wildman–Crippen LogP) is 3.66. The largest absolute Gasteiger partial charge is 0.573 e. The first-order valence-corrected chi connectivity index (χ1v) is 13.4. The summed E-state index contributed by atoms with van der Waals surface area (Å²) >= 11 is 0. The van der Waals surface area contributed by atoms with Crippen LogP contribution in [0.25, 0.3) is 16.9 Å². The van der Waals surface area contributed by atoms with E-state index < -0.39 is 30.0 Å². The van der Waals surface area contributed by atoms with Crippen molar-refractivity contribution in [2.24, 2.45) is 5.92 Å². The number of rotatable bonds is 6. The normalized spacial score (nSPS) is 21.9. The molecule has 1 aliphatic heterocycles. The maximum Gasteiger partial charge on any atom is 0.573 e. The van der Waals surface area contributed by atoms with E-state index in [4.69, 9.17) is 5.73 Å².